The van der Waals surface area contributed by atoms with Crippen LogP contribution in [-0.2, 0) is 4.74 Å². The number of nitrogens with zero attached hydrogens (tertiary/aromatic N) is 1. The summed E-state index contributed by atoms with van der Waals surface area (Å²) in [5.74, 6) is 0. The summed E-state index contributed by atoms with van der Waals surface area (Å²) in [7, 11) is 2.17. The van der Waals surface area contributed by atoms with Crippen molar-refractivity contribution >= 4 is 0 Å². The van der Waals surface area contributed by atoms with Crippen molar-refractivity contribution in [2.45, 2.75) is 31.5 Å². The Morgan fingerprint density at radius 1 is 1.31 bits per heavy atom. The van der Waals surface area contributed by atoms with Gasteiger partial charge in [0, 0.05) is 19.6 Å². The molecular weight excluding hydrogens is 164 g/mol. The Labute approximate surface area is 80.4 Å². The summed E-state index contributed by atoms with van der Waals surface area (Å²) in [5, 5.41) is 3.38. The van der Waals surface area contributed by atoms with Gasteiger partial charge in [-0.3, -0.25) is 0 Å². The van der Waals surface area contributed by atoms with Crippen molar-refractivity contribution in [2.24, 2.45) is 0 Å². The van der Waals surface area contributed by atoms with Crippen molar-refractivity contribution in [3.63, 3.8) is 0 Å². The highest BCUT2D eigenvalue weighted by molar-refractivity contribution is 4.77. The number of hydrogen-bond donors (Lipinski definition) is 1. The quantitative estimate of drug-likeness (QED) is 0.675. The molecule has 0 aromatic heterocycles. The van der Waals surface area contributed by atoms with Crippen molar-refractivity contribution < 1.29 is 4.74 Å². The van der Waals surface area contributed by atoms with Crippen LogP contribution in [0.4, 0.5) is 0 Å². The normalized spacial score (nSPS) is 36.7. The van der Waals surface area contributed by atoms with Crippen LogP contribution in [0.1, 0.15) is 19.3 Å². The molecule has 2 rings (SSSR count). The average molecular weight is 184 g/mol. The van der Waals surface area contributed by atoms with E-state index in [-0.39, 0.29) is 0 Å². The van der Waals surface area contributed by atoms with Crippen molar-refractivity contribution in [1.29, 1.82) is 0 Å². The van der Waals surface area contributed by atoms with E-state index in [4.69, 9.17) is 4.74 Å². The number of ether oxygens (including phenoxy) is 1. The predicted molar refractivity (Wildman–Crippen MR) is 52.9 cm³/mol. The number of rotatable bonds is 2. The zero-order valence-electron chi connectivity index (χ0n) is 8.46. The van der Waals surface area contributed by atoms with Crippen molar-refractivity contribution in [1.82, 2.24) is 10.2 Å². The molecule has 2 aliphatic heterocycles. The molecule has 0 spiro atoms. The van der Waals surface area contributed by atoms with E-state index >= 15 is 0 Å². The number of likely N-dealkylation sites (tertiary alicyclic amines) is 1. The van der Waals surface area contributed by atoms with Gasteiger partial charge in [0.15, 0.2) is 0 Å². The first kappa shape index (κ1) is 9.44. The lowest BCUT2D eigenvalue weighted by Crippen LogP contribution is -2.38. The van der Waals surface area contributed by atoms with Gasteiger partial charge in [-0.2, -0.15) is 0 Å². The molecule has 2 aliphatic rings. The molecule has 1 N–H and O–H groups in total. The molecule has 0 amide bonds. The predicted octanol–water partition coefficient (Wildman–Crippen LogP) is 0.459. The highest BCUT2D eigenvalue weighted by Gasteiger charge is 2.24. The van der Waals surface area contributed by atoms with Gasteiger partial charge >= 0.3 is 0 Å². The molecule has 0 saturated carbocycles. The molecule has 2 heterocycles. The summed E-state index contributed by atoms with van der Waals surface area (Å²) < 4.78 is 6.02. The maximum absolute atomic E-state index is 6.02. The molecule has 0 aromatic carbocycles. The lowest BCUT2D eigenvalue weighted by Gasteiger charge is -2.26. The van der Waals surface area contributed by atoms with E-state index in [9.17, 15) is 0 Å². The van der Waals surface area contributed by atoms with Gasteiger partial charge in [-0.25, -0.2) is 0 Å². The maximum atomic E-state index is 6.02. The molecule has 3 heteroatoms. The highest BCUT2D eigenvalue weighted by atomic mass is 16.5. The number of hydrogen-bond acceptors (Lipinski definition) is 3. The monoisotopic (exact) mass is 184 g/mol. The molecule has 0 bridgehead atoms. The van der Waals surface area contributed by atoms with Crippen LogP contribution < -0.4 is 5.32 Å². The van der Waals surface area contributed by atoms with Crippen molar-refractivity contribution in [2.75, 3.05) is 33.2 Å². The van der Waals surface area contributed by atoms with E-state index in [1.807, 2.05) is 0 Å². The second-order valence-electron chi connectivity index (χ2n) is 4.28. The molecule has 2 saturated heterocycles. The van der Waals surface area contributed by atoms with Crippen LogP contribution in [0.5, 0.6) is 0 Å². The topological polar surface area (TPSA) is 24.5 Å². The summed E-state index contributed by atoms with van der Waals surface area (Å²) in [6.45, 7) is 4.55. The van der Waals surface area contributed by atoms with E-state index in [0.717, 1.165) is 13.1 Å². The molecule has 3 nitrogen and oxygen atoms in total. The number of nitrogens with one attached hydrogen (secondary N) is 1. The fourth-order valence-electron chi connectivity index (χ4n) is 2.21. The van der Waals surface area contributed by atoms with E-state index < -0.39 is 0 Å². The van der Waals surface area contributed by atoms with Gasteiger partial charge in [0.05, 0.1) is 12.2 Å². The Balaban J connectivity index is 1.71. The molecule has 0 radical (unpaired) electrons. The lowest BCUT2D eigenvalue weighted by atomic mass is 10.1. The van der Waals surface area contributed by atoms with Gasteiger partial charge in [-0.1, -0.05) is 0 Å². The van der Waals surface area contributed by atoms with E-state index in [1.165, 1.54) is 32.4 Å². The van der Waals surface area contributed by atoms with Crippen molar-refractivity contribution in [3.8, 4) is 0 Å². The van der Waals surface area contributed by atoms with Gasteiger partial charge in [0.1, 0.15) is 0 Å². The first-order valence-corrected chi connectivity index (χ1v) is 5.39. The van der Waals surface area contributed by atoms with Crippen LogP contribution in [0.2, 0.25) is 0 Å². The third-order valence-corrected chi connectivity index (χ3v) is 2.98. The molecular formula is C10H20N2O. The Morgan fingerprint density at radius 3 is 2.85 bits per heavy atom. The standard InChI is InChI=1S/C10H20N2O/c1-12-6-4-10(8-12)13-9-3-2-5-11-7-9/h9-11H,2-8H2,1H3/t9?,10-/m0/s1. The minimum Gasteiger partial charge on any atom is -0.372 e. The smallest absolute Gasteiger partial charge is 0.0718 e. The largest absolute Gasteiger partial charge is 0.372 e. The van der Waals surface area contributed by atoms with E-state index in [2.05, 4.69) is 17.3 Å². The third-order valence-electron chi connectivity index (χ3n) is 2.98. The first-order valence-electron chi connectivity index (χ1n) is 5.39. The van der Waals surface area contributed by atoms with Crippen LogP contribution in [0.3, 0.4) is 0 Å². The Kier molecular flexibility index (Phi) is 3.19. The fourth-order valence-corrected chi connectivity index (χ4v) is 2.21. The second-order valence-corrected chi connectivity index (χ2v) is 4.28. The van der Waals surface area contributed by atoms with Crippen LogP contribution in [0, 0.1) is 0 Å². The highest BCUT2D eigenvalue weighted by Crippen LogP contribution is 2.15. The van der Waals surface area contributed by atoms with E-state index in [0.29, 0.717) is 12.2 Å². The van der Waals surface area contributed by atoms with Gasteiger partial charge in [0.25, 0.3) is 0 Å². The Morgan fingerprint density at radius 2 is 2.23 bits per heavy atom. The van der Waals surface area contributed by atoms with E-state index in [1.54, 1.807) is 0 Å². The summed E-state index contributed by atoms with van der Waals surface area (Å²) in [6.07, 6.45) is 4.70. The number of piperidine rings is 1. The molecule has 1 unspecified atom stereocenters. The minimum absolute atomic E-state index is 0.477. The van der Waals surface area contributed by atoms with Gasteiger partial charge in [-0.15, -0.1) is 0 Å². The van der Waals surface area contributed by atoms with Crippen LogP contribution in [0.25, 0.3) is 0 Å². The Hall–Kier alpha value is -0.120. The molecule has 2 fully saturated rings. The molecule has 0 aromatic rings. The third kappa shape index (κ3) is 2.66. The SMILES string of the molecule is CN1CC[C@H](OC2CCCNC2)C1. The maximum Gasteiger partial charge on any atom is 0.0718 e. The van der Waals surface area contributed by atoms with Gasteiger partial charge in [-0.05, 0) is 32.9 Å². The second kappa shape index (κ2) is 4.40. The molecule has 76 valence electrons. The van der Waals surface area contributed by atoms with Gasteiger partial charge in [0.2, 0.25) is 0 Å². The zero-order chi connectivity index (χ0) is 9.10. The van der Waals surface area contributed by atoms with Crippen LogP contribution in [0.15, 0.2) is 0 Å². The molecule has 0 aliphatic carbocycles. The summed E-state index contributed by atoms with van der Waals surface area (Å²) >= 11 is 0. The molecule has 2 atom stereocenters. The average Bonchev–Trinajstić information content (AvgIpc) is 2.53. The summed E-state index contributed by atoms with van der Waals surface area (Å²) in [5.41, 5.74) is 0. The van der Waals surface area contributed by atoms with Gasteiger partial charge < -0.3 is 15.0 Å². The summed E-state index contributed by atoms with van der Waals surface area (Å²) in [4.78, 5) is 2.35. The zero-order valence-corrected chi connectivity index (χ0v) is 8.46. The lowest BCUT2D eigenvalue weighted by molar-refractivity contribution is -0.0162. The van der Waals surface area contributed by atoms with Crippen molar-refractivity contribution in [3.05, 3.63) is 0 Å². The molecule has 13 heavy (non-hydrogen) atoms. The minimum atomic E-state index is 0.477. The fraction of sp³-hybridized carbons (Fsp3) is 1.00. The summed E-state index contributed by atoms with van der Waals surface area (Å²) in [6, 6.07) is 0. The Bertz CT molecular complexity index is 154. The number of likely N-dealkylation sites (N-methyl/N-ethyl adjacent to an activating group) is 1. The first-order chi connectivity index (χ1) is 6.34. The van der Waals surface area contributed by atoms with Crippen LogP contribution >= 0.6 is 0 Å². The van der Waals surface area contributed by atoms with Crippen LogP contribution in [-0.4, -0.2) is 50.3 Å².